The molecule has 29 heavy (non-hydrogen) atoms. The van der Waals surface area contributed by atoms with Crippen molar-refractivity contribution in [3.05, 3.63) is 42.2 Å². The lowest BCUT2D eigenvalue weighted by Gasteiger charge is -2.34. The van der Waals surface area contributed by atoms with Crippen LogP contribution in [0.25, 0.3) is 5.69 Å². The molecule has 0 radical (unpaired) electrons. The highest BCUT2D eigenvalue weighted by Crippen LogP contribution is 2.38. The molecule has 11 heteroatoms. The first-order valence-corrected chi connectivity index (χ1v) is 8.57. The Labute approximate surface area is 164 Å². The Kier molecular flexibility index (Phi) is 4.93. The first-order valence-electron chi connectivity index (χ1n) is 8.57. The molecule has 2 atom stereocenters. The van der Waals surface area contributed by atoms with Gasteiger partial charge in [-0.15, -0.1) is 0 Å². The van der Waals surface area contributed by atoms with Crippen LogP contribution in [0.1, 0.15) is 26.5 Å². The standard InChI is InChI=1S/C18H19F3N4O4/c1-17(2,3)13-14(28-15(22)26)29-16(27)24(13)10-4-6-11(7-5-10)25-12(8-9-23-25)18(19,20)21/h4-9,13-14H,1-3H3,(H2,22,26)/t13-,14?/m1/s1. The van der Waals surface area contributed by atoms with E-state index in [4.69, 9.17) is 15.2 Å². The number of aromatic nitrogens is 2. The first kappa shape index (κ1) is 20.5. The summed E-state index contributed by atoms with van der Waals surface area (Å²) >= 11 is 0. The van der Waals surface area contributed by atoms with Crippen LogP contribution in [-0.4, -0.2) is 34.3 Å². The van der Waals surface area contributed by atoms with Crippen LogP contribution in [0, 0.1) is 5.41 Å². The lowest BCUT2D eigenvalue weighted by atomic mass is 9.85. The molecular formula is C18H19F3N4O4. The Morgan fingerprint density at radius 2 is 1.72 bits per heavy atom. The van der Waals surface area contributed by atoms with Gasteiger partial charge < -0.3 is 15.2 Å². The van der Waals surface area contributed by atoms with Gasteiger partial charge in [0.15, 0.2) is 0 Å². The fourth-order valence-electron chi connectivity index (χ4n) is 3.20. The molecule has 156 valence electrons. The zero-order chi connectivity index (χ0) is 21.6. The van der Waals surface area contributed by atoms with Crippen LogP contribution in [0.15, 0.2) is 36.5 Å². The van der Waals surface area contributed by atoms with E-state index in [1.807, 2.05) is 20.8 Å². The van der Waals surface area contributed by atoms with Crippen LogP contribution in [0.5, 0.6) is 0 Å². The maximum Gasteiger partial charge on any atom is 0.433 e. The predicted octanol–water partition coefficient (Wildman–Crippen LogP) is 3.68. The molecule has 1 aliphatic heterocycles. The van der Waals surface area contributed by atoms with Crippen molar-refractivity contribution in [1.29, 1.82) is 0 Å². The second-order valence-electron chi connectivity index (χ2n) is 7.51. The summed E-state index contributed by atoms with van der Waals surface area (Å²) in [6.07, 6.45) is -6.59. The summed E-state index contributed by atoms with van der Waals surface area (Å²) in [6, 6.07) is 5.88. The Morgan fingerprint density at radius 1 is 1.14 bits per heavy atom. The zero-order valence-electron chi connectivity index (χ0n) is 15.8. The summed E-state index contributed by atoms with van der Waals surface area (Å²) < 4.78 is 50.1. The third-order valence-corrected chi connectivity index (χ3v) is 4.37. The maximum absolute atomic E-state index is 13.1. The third kappa shape index (κ3) is 3.98. The number of benzene rings is 1. The number of ether oxygens (including phenoxy) is 2. The van der Waals surface area contributed by atoms with Gasteiger partial charge in [-0.2, -0.15) is 18.3 Å². The van der Waals surface area contributed by atoms with Crippen molar-refractivity contribution in [3.8, 4) is 5.69 Å². The zero-order valence-corrected chi connectivity index (χ0v) is 15.8. The van der Waals surface area contributed by atoms with E-state index in [1.165, 1.54) is 29.2 Å². The van der Waals surface area contributed by atoms with Crippen LogP contribution in [0.4, 0.5) is 28.4 Å². The predicted molar refractivity (Wildman–Crippen MR) is 95.2 cm³/mol. The maximum atomic E-state index is 13.1. The van der Waals surface area contributed by atoms with Gasteiger partial charge in [-0.1, -0.05) is 20.8 Å². The lowest BCUT2D eigenvalue weighted by Crippen LogP contribution is -2.47. The van der Waals surface area contributed by atoms with Crippen molar-refractivity contribution < 1.29 is 32.2 Å². The van der Waals surface area contributed by atoms with Crippen molar-refractivity contribution in [2.75, 3.05) is 4.90 Å². The molecule has 3 rings (SSSR count). The SMILES string of the molecule is CC(C)(C)[C@H]1C(OC(N)=O)OC(=O)N1c1ccc(-n2nccc2C(F)(F)F)cc1. The van der Waals surface area contributed by atoms with E-state index in [-0.39, 0.29) is 5.69 Å². The van der Waals surface area contributed by atoms with Crippen molar-refractivity contribution >= 4 is 17.9 Å². The van der Waals surface area contributed by atoms with Crippen molar-refractivity contribution in [2.45, 2.75) is 39.3 Å². The van der Waals surface area contributed by atoms with Gasteiger partial charge in [0.25, 0.3) is 6.29 Å². The molecule has 0 bridgehead atoms. The number of nitrogens with two attached hydrogens (primary N) is 1. The van der Waals surface area contributed by atoms with E-state index in [9.17, 15) is 22.8 Å². The van der Waals surface area contributed by atoms with Gasteiger partial charge in [-0.25, -0.2) is 14.3 Å². The van der Waals surface area contributed by atoms with Crippen LogP contribution in [0.3, 0.4) is 0 Å². The number of carbonyl (C=O) groups is 2. The second kappa shape index (κ2) is 6.98. The molecule has 1 fully saturated rings. The normalized spacial score (nSPS) is 19.9. The third-order valence-electron chi connectivity index (χ3n) is 4.37. The minimum Gasteiger partial charge on any atom is -0.407 e. The molecule has 1 aromatic carbocycles. The van der Waals surface area contributed by atoms with Gasteiger partial charge in [0.1, 0.15) is 11.7 Å². The molecular weight excluding hydrogens is 393 g/mol. The van der Waals surface area contributed by atoms with Gasteiger partial charge in [-0.3, -0.25) is 4.90 Å². The number of primary amides is 1. The van der Waals surface area contributed by atoms with Crippen LogP contribution in [-0.2, 0) is 15.7 Å². The van der Waals surface area contributed by atoms with Crippen LogP contribution < -0.4 is 10.6 Å². The number of amides is 2. The van der Waals surface area contributed by atoms with Gasteiger partial charge in [-0.05, 0) is 35.7 Å². The Bertz CT molecular complexity index is 918. The van der Waals surface area contributed by atoms with Crippen molar-refractivity contribution in [3.63, 3.8) is 0 Å². The average Bonchev–Trinajstić information content (AvgIpc) is 3.18. The Balaban J connectivity index is 1.95. The van der Waals surface area contributed by atoms with Gasteiger partial charge >= 0.3 is 18.4 Å². The number of hydrogen-bond donors (Lipinski definition) is 1. The van der Waals surface area contributed by atoms with Crippen molar-refractivity contribution in [1.82, 2.24) is 9.78 Å². The fourth-order valence-corrected chi connectivity index (χ4v) is 3.20. The number of halogens is 3. The monoisotopic (exact) mass is 412 g/mol. The number of hydrogen-bond acceptors (Lipinski definition) is 5. The second-order valence-corrected chi connectivity index (χ2v) is 7.51. The summed E-state index contributed by atoms with van der Waals surface area (Å²) in [6.45, 7) is 5.45. The van der Waals surface area contributed by atoms with E-state index in [0.29, 0.717) is 5.69 Å². The summed E-state index contributed by atoms with van der Waals surface area (Å²) in [5.41, 5.74) is 4.08. The van der Waals surface area contributed by atoms with E-state index >= 15 is 0 Å². The number of anilines is 1. The summed E-state index contributed by atoms with van der Waals surface area (Å²) in [7, 11) is 0. The fraction of sp³-hybridized carbons (Fsp3) is 0.389. The van der Waals surface area contributed by atoms with Crippen LogP contribution >= 0.6 is 0 Å². The Morgan fingerprint density at radius 3 is 2.24 bits per heavy atom. The number of alkyl halides is 3. The largest absolute Gasteiger partial charge is 0.433 e. The summed E-state index contributed by atoms with van der Waals surface area (Å²) in [4.78, 5) is 24.9. The molecule has 0 spiro atoms. The molecule has 1 aromatic heterocycles. The molecule has 2 amide bonds. The number of nitrogens with zero attached hydrogens (tertiary/aromatic N) is 3. The minimum atomic E-state index is -4.56. The Hall–Kier alpha value is -3.24. The molecule has 2 heterocycles. The molecule has 8 nitrogen and oxygen atoms in total. The minimum absolute atomic E-state index is 0.163. The van der Waals surface area contributed by atoms with Gasteiger partial charge in [0.2, 0.25) is 0 Å². The first-order chi connectivity index (χ1) is 13.4. The highest BCUT2D eigenvalue weighted by Gasteiger charge is 2.50. The number of cyclic esters (lactones) is 1. The molecule has 2 N–H and O–H groups in total. The molecule has 1 aliphatic rings. The smallest absolute Gasteiger partial charge is 0.407 e. The molecule has 0 saturated carbocycles. The molecule has 0 aliphatic carbocycles. The number of carbonyl (C=O) groups excluding carboxylic acids is 2. The van der Waals surface area contributed by atoms with Gasteiger partial charge in [0, 0.05) is 5.69 Å². The molecule has 1 unspecified atom stereocenters. The molecule has 2 aromatic rings. The summed E-state index contributed by atoms with van der Waals surface area (Å²) in [5, 5.41) is 3.71. The van der Waals surface area contributed by atoms with Gasteiger partial charge in [0.05, 0.1) is 11.9 Å². The summed E-state index contributed by atoms with van der Waals surface area (Å²) in [5.74, 6) is 0. The quantitative estimate of drug-likeness (QED) is 0.829. The highest BCUT2D eigenvalue weighted by atomic mass is 19.4. The van der Waals surface area contributed by atoms with E-state index in [2.05, 4.69) is 5.10 Å². The topological polar surface area (TPSA) is 99.7 Å². The number of rotatable bonds is 3. The average molecular weight is 412 g/mol. The van der Waals surface area contributed by atoms with E-state index in [0.717, 1.165) is 16.9 Å². The van der Waals surface area contributed by atoms with Crippen molar-refractivity contribution in [2.24, 2.45) is 11.1 Å². The molecule has 1 saturated heterocycles. The van der Waals surface area contributed by atoms with E-state index < -0.39 is 41.8 Å². The van der Waals surface area contributed by atoms with E-state index in [1.54, 1.807) is 0 Å². The van der Waals surface area contributed by atoms with Crippen LogP contribution in [0.2, 0.25) is 0 Å². The lowest BCUT2D eigenvalue weighted by molar-refractivity contribution is -0.142. The highest BCUT2D eigenvalue weighted by molar-refractivity contribution is 5.91.